The van der Waals surface area contributed by atoms with Gasteiger partial charge >= 0.3 is 5.97 Å². The van der Waals surface area contributed by atoms with Gasteiger partial charge in [0.1, 0.15) is 11.6 Å². The number of halogens is 2. The number of hydrogen-bond donors (Lipinski definition) is 2. The Morgan fingerprint density at radius 2 is 2.05 bits per heavy atom. The first-order valence-electron chi connectivity index (χ1n) is 13.9. The summed E-state index contributed by atoms with van der Waals surface area (Å²) in [6.45, 7) is 1.06. The molecule has 0 radical (unpaired) electrons. The van der Waals surface area contributed by atoms with Crippen LogP contribution in [0.1, 0.15) is 30.5 Å². The fraction of sp³-hybridized carbons (Fsp3) is 0.355. The standard InChI is InChI=1S/C31H32Cl2N4O5S/c1-42-29(39)24(16-23-18-36(19-34-23)17-20-5-3-2-4-6-20)35-30(40)31(41)10-12-37(13-11-31)25(38)8-7-21-15-22-9-14-43-28(22)27(33)26(21)32/h2-5,7-9,14-15,18-20,24,41H,6,10-13,16-17H2,1H3,(H,35,40)/b8-7+/t20?,24-/m0/s1. The number of imidazole rings is 1. The zero-order chi connectivity index (χ0) is 30.6. The lowest BCUT2D eigenvalue weighted by Gasteiger charge is -2.37. The molecule has 5 rings (SSSR count). The number of ether oxygens (including phenoxy) is 1. The number of aromatic nitrogens is 2. The molecule has 9 nitrogen and oxygen atoms in total. The largest absolute Gasteiger partial charge is 0.467 e. The number of thiophene rings is 1. The Kier molecular flexibility index (Phi) is 9.71. The molecule has 1 aromatic carbocycles. The van der Waals surface area contributed by atoms with Gasteiger partial charge in [0.2, 0.25) is 5.91 Å². The van der Waals surface area contributed by atoms with E-state index in [1.54, 1.807) is 17.3 Å². The van der Waals surface area contributed by atoms with Crippen LogP contribution in [0.15, 0.2) is 60.4 Å². The fourth-order valence-corrected chi connectivity index (χ4v) is 6.71. The molecule has 2 amide bonds. The van der Waals surface area contributed by atoms with Gasteiger partial charge in [0.15, 0.2) is 0 Å². The number of carbonyl (C=O) groups is 3. The molecule has 0 saturated carbocycles. The van der Waals surface area contributed by atoms with Crippen LogP contribution >= 0.6 is 34.5 Å². The van der Waals surface area contributed by atoms with Crippen molar-refractivity contribution in [3.8, 4) is 0 Å². The molecule has 3 heterocycles. The highest BCUT2D eigenvalue weighted by atomic mass is 35.5. The maximum Gasteiger partial charge on any atom is 0.328 e. The number of esters is 1. The van der Waals surface area contributed by atoms with Crippen molar-refractivity contribution < 1.29 is 24.2 Å². The van der Waals surface area contributed by atoms with Gasteiger partial charge in [-0.25, -0.2) is 9.78 Å². The minimum Gasteiger partial charge on any atom is -0.467 e. The van der Waals surface area contributed by atoms with Crippen molar-refractivity contribution >= 4 is 68.5 Å². The molecule has 2 N–H and O–H groups in total. The SMILES string of the molecule is COC(=O)[C@H](Cc1cn(CC2C=CC=CC2)cn1)NC(=O)C1(O)CCN(C(=O)/C=C/c2cc3ccsc3c(Cl)c2Cl)CC1. The van der Waals surface area contributed by atoms with Crippen molar-refractivity contribution in [3.05, 3.63) is 81.7 Å². The van der Waals surface area contributed by atoms with Crippen LogP contribution in [0, 0.1) is 5.92 Å². The summed E-state index contributed by atoms with van der Waals surface area (Å²) in [6, 6.07) is 2.78. The summed E-state index contributed by atoms with van der Waals surface area (Å²) in [5.74, 6) is -1.24. The topological polar surface area (TPSA) is 114 Å². The molecule has 3 aromatic rings. The molecule has 1 aliphatic heterocycles. The molecule has 1 saturated heterocycles. The average molecular weight is 644 g/mol. The van der Waals surface area contributed by atoms with Crippen LogP contribution < -0.4 is 5.32 Å². The molecule has 1 aliphatic carbocycles. The van der Waals surface area contributed by atoms with E-state index in [9.17, 15) is 19.5 Å². The smallest absolute Gasteiger partial charge is 0.328 e. The summed E-state index contributed by atoms with van der Waals surface area (Å²) in [6.07, 6.45) is 16.0. The third-order valence-corrected chi connectivity index (χ3v) is 9.73. The van der Waals surface area contributed by atoms with Crippen molar-refractivity contribution in [2.24, 2.45) is 5.92 Å². The number of amides is 2. The summed E-state index contributed by atoms with van der Waals surface area (Å²) < 4.78 is 7.76. The number of benzene rings is 1. The maximum atomic E-state index is 13.2. The maximum absolute atomic E-state index is 13.2. The normalized spacial score (nSPS) is 18.7. The molecule has 2 aromatic heterocycles. The van der Waals surface area contributed by atoms with Crippen molar-refractivity contribution in [2.45, 2.75) is 43.9 Å². The summed E-state index contributed by atoms with van der Waals surface area (Å²) in [4.78, 5) is 44.6. The highest BCUT2D eigenvalue weighted by molar-refractivity contribution is 7.18. The Morgan fingerprint density at radius 1 is 1.26 bits per heavy atom. The first kappa shape index (κ1) is 31.0. The highest BCUT2D eigenvalue weighted by Crippen LogP contribution is 2.37. The van der Waals surface area contributed by atoms with Crippen LogP contribution in [0.4, 0.5) is 0 Å². The number of piperidine rings is 1. The molecule has 1 fully saturated rings. The lowest BCUT2D eigenvalue weighted by atomic mass is 9.90. The number of allylic oxidation sites excluding steroid dienone is 4. The van der Waals surface area contributed by atoms with Gasteiger partial charge < -0.3 is 24.6 Å². The van der Waals surface area contributed by atoms with E-state index in [0.29, 0.717) is 27.2 Å². The quantitative estimate of drug-likeness (QED) is 0.256. The number of fused-ring (bicyclic) bond motifs is 1. The molecular weight excluding hydrogens is 611 g/mol. The van der Waals surface area contributed by atoms with Crippen LogP contribution in [0.5, 0.6) is 0 Å². The minimum atomic E-state index is -1.74. The van der Waals surface area contributed by atoms with Gasteiger partial charge in [0, 0.05) is 51.2 Å². The van der Waals surface area contributed by atoms with E-state index in [2.05, 4.69) is 22.5 Å². The molecule has 1 unspecified atom stereocenters. The van der Waals surface area contributed by atoms with Crippen molar-refractivity contribution in [1.82, 2.24) is 19.8 Å². The predicted molar refractivity (Wildman–Crippen MR) is 168 cm³/mol. The summed E-state index contributed by atoms with van der Waals surface area (Å²) in [5, 5.41) is 17.5. The van der Waals surface area contributed by atoms with Gasteiger partial charge in [-0.15, -0.1) is 11.3 Å². The van der Waals surface area contributed by atoms with E-state index < -0.39 is 23.5 Å². The summed E-state index contributed by atoms with van der Waals surface area (Å²) in [7, 11) is 1.24. The summed E-state index contributed by atoms with van der Waals surface area (Å²) >= 11 is 14.3. The van der Waals surface area contributed by atoms with Crippen molar-refractivity contribution in [3.63, 3.8) is 0 Å². The van der Waals surface area contributed by atoms with E-state index in [1.165, 1.54) is 24.5 Å². The first-order chi connectivity index (χ1) is 20.7. The van der Waals surface area contributed by atoms with Crippen LogP contribution in [0.3, 0.4) is 0 Å². The summed E-state index contributed by atoms with van der Waals surface area (Å²) in [5.41, 5.74) is -0.501. The molecule has 0 bridgehead atoms. The van der Waals surface area contributed by atoms with Crippen LogP contribution in [0.2, 0.25) is 10.0 Å². The monoisotopic (exact) mass is 642 g/mol. The Labute approximate surface area is 263 Å². The van der Waals surface area contributed by atoms with Crippen LogP contribution in [0.25, 0.3) is 16.2 Å². The van der Waals surface area contributed by atoms with E-state index in [1.807, 2.05) is 40.4 Å². The lowest BCUT2D eigenvalue weighted by Crippen LogP contribution is -2.57. The van der Waals surface area contributed by atoms with Crippen molar-refractivity contribution in [2.75, 3.05) is 20.2 Å². The number of rotatable bonds is 9. The predicted octanol–water partition coefficient (Wildman–Crippen LogP) is 4.80. The van der Waals surface area contributed by atoms with Gasteiger partial charge in [-0.1, -0.05) is 47.5 Å². The van der Waals surface area contributed by atoms with Gasteiger partial charge in [0.25, 0.3) is 5.91 Å². The zero-order valence-electron chi connectivity index (χ0n) is 23.5. The molecule has 2 aliphatic rings. The van der Waals surface area contributed by atoms with Gasteiger partial charge in [-0.05, 0) is 46.9 Å². The zero-order valence-corrected chi connectivity index (χ0v) is 25.9. The number of methoxy groups -OCH3 is 1. The molecule has 12 heteroatoms. The lowest BCUT2D eigenvalue weighted by molar-refractivity contribution is -0.153. The van der Waals surface area contributed by atoms with E-state index >= 15 is 0 Å². The number of aliphatic hydroxyl groups is 1. The molecule has 2 atom stereocenters. The van der Waals surface area contributed by atoms with Crippen LogP contribution in [-0.4, -0.2) is 69.2 Å². The third kappa shape index (κ3) is 7.21. The molecule has 0 spiro atoms. The minimum absolute atomic E-state index is 0.0116. The number of nitrogens with zero attached hydrogens (tertiary/aromatic N) is 3. The van der Waals surface area contributed by atoms with E-state index in [4.69, 9.17) is 27.9 Å². The Morgan fingerprint density at radius 3 is 2.77 bits per heavy atom. The second kappa shape index (κ2) is 13.5. The van der Waals surface area contributed by atoms with Gasteiger partial charge in [-0.3, -0.25) is 9.59 Å². The number of hydrogen-bond acceptors (Lipinski definition) is 7. The average Bonchev–Trinajstić information content (AvgIpc) is 3.67. The number of nitrogens with one attached hydrogen (secondary N) is 1. The van der Waals surface area contributed by atoms with E-state index in [-0.39, 0.29) is 38.3 Å². The molecular formula is C31H32Cl2N4O5S. The second-order valence-corrected chi connectivity index (χ2v) is 12.4. The van der Waals surface area contributed by atoms with E-state index in [0.717, 1.165) is 23.1 Å². The Hall–Kier alpha value is -3.44. The number of carbonyl (C=O) groups excluding carboxylic acids is 3. The van der Waals surface area contributed by atoms with Gasteiger partial charge in [0.05, 0.1) is 33.9 Å². The van der Waals surface area contributed by atoms with Crippen LogP contribution in [-0.2, 0) is 32.1 Å². The number of likely N-dealkylation sites (tertiary alicyclic amines) is 1. The first-order valence-corrected chi connectivity index (χ1v) is 15.6. The highest BCUT2D eigenvalue weighted by Gasteiger charge is 2.41. The van der Waals surface area contributed by atoms with Crippen molar-refractivity contribution in [1.29, 1.82) is 0 Å². The molecule has 43 heavy (non-hydrogen) atoms. The third-order valence-electron chi connectivity index (χ3n) is 7.79. The van der Waals surface area contributed by atoms with Gasteiger partial charge in [-0.2, -0.15) is 0 Å². The fourth-order valence-electron chi connectivity index (χ4n) is 5.27. The Balaban J connectivity index is 1.17. The molecule has 226 valence electrons. The Bertz CT molecular complexity index is 1600. The second-order valence-electron chi connectivity index (χ2n) is 10.7.